The van der Waals surface area contributed by atoms with Gasteiger partial charge in [-0.15, -0.1) is 0 Å². The lowest BCUT2D eigenvalue weighted by Gasteiger charge is -2.32. The molecule has 1 atom stereocenters. The summed E-state index contributed by atoms with van der Waals surface area (Å²) >= 11 is 0. The molecule has 1 N–H and O–H groups in total. The van der Waals surface area contributed by atoms with Gasteiger partial charge in [-0.3, -0.25) is 18.7 Å². The van der Waals surface area contributed by atoms with Crippen LogP contribution >= 0.6 is 0 Å². The molecule has 41 heavy (non-hydrogen) atoms. The Balaban J connectivity index is 1.30. The number of nitrogens with one attached hydrogen (secondary N) is 1. The summed E-state index contributed by atoms with van der Waals surface area (Å²) in [5.41, 5.74) is 1.16. The van der Waals surface area contributed by atoms with Crippen LogP contribution in [0.5, 0.6) is 0 Å². The summed E-state index contributed by atoms with van der Waals surface area (Å²) in [7, 11) is 1.30. The first-order valence-corrected chi connectivity index (χ1v) is 14.2. The number of hydrogen-bond acceptors (Lipinski definition) is 6. The van der Waals surface area contributed by atoms with Crippen molar-refractivity contribution in [2.24, 2.45) is 11.8 Å². The second kappa shape index (κ2) is 11.7. The van der Waals surface area contributed by atoms with E-state index in [2.05, 4.69) is 5.32 Å². The number of ether oxygens (including phenoxy) is 1. The van der Waals surface area contributed by atoms with Crippen LogP contribution in [-0.4, -0.2) is 52.0 Å². The van der Waals surface area contributed by atoms with Crippen LogP contribution in [0.4, 0.5) is 10.5 Å². The molecular weight excluding hydrogens is 524 g/mol. The highest BCUT2D eigenvalue weighted by Gasteiger charge is 2.27. The highest BCUT2D eigenvalue weighted by molar-refractivity contribution is 5.99. The topological polar surface area (TPSA) is 120 Å². The monoisotopic (exact) mass is 560 g/mol. The number of fused-ring (bicyclic) bond motifs is 1. The van der Waals surface area contributed by atoms with Gasteiger partial charge in [-0.05, 0) is 81.7 Å². The molecule has 1 aliphatic heterocycles. The van der Waals surface area contributed by atoms with E-state index in [9.17, 15) is 24.0 Å². The van der Waals surface area contributed by atoms with Crippen LogP contribution in [0, 0.1) is 11.8 Å². The van der Waals surface area contributed by atoms with E-state index in [0.29, 0.717) is 53.3 Å². The van der Waals surface area contributed by atoms with Gasteiger partial charge in [0.2, 0.25) is 0 Å². The maximum absolute atomic E-state index is 13.3. The summed E-state index contributed by atoms with van der Waals surface area (Å²) in [6, 6.07) is 11.1. The predicted octanol–water partition coefficient (Wildman–Crippen LogP) is 4.46. The Labute approximate surface area is 237 Å². The number of rotatable bonds is 8. The molecule has 1 saturated carbocycles. The van der Waals surface area contributed by atoms with E-state index in [1.807, 2.05) is 13.8 Å². The summed E-state index contributed by atoms with van der Waals surface area (Å²) in [6.45, 7) is 5.22. The summed E-state index contributed by atoms with van der Waals surface area (Å²) in [5, 5.41) is 3.31. The molecule has 1 aliphatic carbocycles. The fraction of sp³-hybridized carbons (Fsp3) is 0.452. The molecule has 10 heteroatoms. The number of methoxy groups -OCH3 is 1. The van der Waals surface area contributed by atoms with Gasteiger partial charge in [0.1, 0.15) is 0 Å². The van der Waals surface area contributed by atoms with Gasteiger partial charge >= 0.3 is 17.7 Å². The number of ketones is 1. The number of carbonyl (C=O) groups excluding carboxylic acids is 3. The smallest absolute Gasteiger partial charge is 0.337 e. The molecule has 10 nitrogen and oxygen atoms in total. The summed E-state index contributed by atoms with van der Waals surface area (Å²) in [4.78, 5) is 66.2. The third kappa shape index (κ3) is 6.11. The second-order valence-electron chi connectivity index (χ2n) is 11.4. The minimum Gasteiger partial charge on any atom is -0.465 e. The largest absolute Gasteiger partial charge is 0.465 e. The first-order valence-electron chi connectivity index (χ1n) is 14.2. The number of esters is 1. The Morgan fingerprint density at radius 3 is 2.46 bits per heavy atom. The number of likely N-dealkylation sites (tertiary alicyclic amines) is 1. The first kappa shape index (κ1) is 28.3. The molecule has 0 bridgehead atoms. The lowest BCUT2D eigenvalue weighted by molar-refractivity contribution is 0.0600. The number of nitrogens with zero attached hydrogens (tertiary/aromatic N) is 3. The van der Waals surface area contributed by atoms with E-state index >= 15 is 0 Å². The molecule has 2 aliphatic rings. The minimum atomic E-state index is -0.497. The Kier molecular flexibility index (Phi) is 8.10. The van der Waals surface area contributed by atoms with Crippen molar-refractivity contribution >= 4 is 34.4 Å². The van der Waals surface area contributed by atoms with Crippen molar-refractivity contribution in [3.8, 4) is 0 Å². The van der Waals surface area contributed by atoms with E-state index in [-0.39, 0.29) is 41.4 Å². The van der Waals surface area contributed by atoms with E-state index in [1.165, 1.54) is 11.7 Å². The zero-order chi connectivity index (χ0) is 29.3. The highest BCUT2D eigenvalue weighted by atomic mass is 16.5. The molecule has 2 aromatic carbocycles. The number of amides is 2. The van der Waals surface area contributed by atoms with Crippen LogP contribution in [0.25, 0.3) is 10.9 Å². The number of Topliss-reactive ketones (excluding diaryl/α,β-unsaturated/α-hetero) is 1. The molecule has 216 valence electrons. The first-order chi connectivity index (χ1) is 19.7. The van der Waals surface area contributed by atoms with Crippen molar-refractivity contribution in [3.63, 3.8) is 0 Å². The van der Waals surface area contributed by atoms with Crippen molar-refractivity contribution in [2.45, 2.75) is 58.5 Å². The standard InChI is InChI=1S/C31H36N4O6/c1-19(2)35-26-12-11-24(16-25(26)28(37)34(31(35)40)18-20-9-10-20)32-30(39)33-13-5-6-21(17-33)14-27(36)22-7-4-8-23(15-22)29(38)41-3/h4,7-8,11-12,15-16,19-21H,5-6,9-10,13-14,17-18H2,1-3H3,(H,32,39). The van der Waals surface area contributed by atoms with E-state index in [1.54, 1.807) is 51.9 Å². The van der Waals surface area contributed by atoms with Crippen molar-refractivity contribution < 1.29 is 19.1 Å². The van der Waals surface area contributed by atoms with Crippen LogP contribution in [0.2, 0.25) is 0 Å². The predicted molar refractivity (Wildman–Crippen MR) is 156 cm³/mol. The van der Waals surface area contributed by atoms with Crippen LogP contribution in [0.3, 0.4) is 0 Å². The third-order valence-corrected chi connectivity index (χ3v) is 7.96. The zero-order valence-electron chi connectivity index (χ0n) is 23.7. The van der Waals surface area contributed by atoms with E-state index in [4.69, 9.17) is 4.74 Å². The SMILES string of the molecule is COC(=O)c1cccc(C(=O)CC2CCCN(C(=O)Nc3ccc4c(c3)c(=O)n(CC3CC3)c(=O)n4C(C)C)C2)c1. The van der Waals surface area contributed by atoms with E-state index < -0.39 is 5.97 Å². The van der Waals surface area contributed by atoms with Gasteiger partial charge in [-0.25, -0.2) is 14.4 Å². The molecule has 1 unspecified atom stereocenters. The van der Waals surface area contributed by atoms with Gasteiger partial charge in [-0.2, -0.15) is 0 Å². The molecule has 5 rings (SSSR count). The molecular formula is C31H36N4O6. The van der Waals surface area contributed by atoms with Crippen LogP contribution in [0.1, 0.15) is 72.7 Å². The van der Waals surface area contributed by atoms with Crippen LogP contribution in [-0.2, 0) is 11.3 Å². The summed E-state index contributed by atoms with van der Waals surface area (Å²) in [5.74, 6) is -0.244. The number of piperidine rings is 1. The number of aromatic nitrogens is 2. The lowest BCUT2D eigenvalue weighted by atomic mass is 9.90. The lowest BCUT2D eigenvalue weighted by Crippen LogP contribution is -2.43. The maximum atomic E-state index is 13.3. The summed E-state index contributed by atoms with van der Waals surface area (Å²) < 4.78 is 7.72. The van der Waals surface area contributed by atoms with Crippen LogP contribution in [0.15, 0.2) is 52.1 Å². The second-order valence-corrected chi connectivity index (χ2v) is 11.4. The van der Waals surface area contributed by atoms with Gasteiger partial charge in [0, 0.05) is 43.3 Å². The van der Waals surface area contributed by atoms with Gasteiger partial charge in [-0.1, -0.05) is 12.1 Å². The number of anilines is 1. The molecule has 2 amide bonds. The van der Waals surface area contributed by atoms with Gasteiger partial charge < -0.3 is 15.0 Å². The normalized spacial score (nSPS) is 17.1. The maximum Gasteiger partial charge on any atom is 0.337 e. The molecule has 2 fully saturated rings. The van der Waals surface area contributed by atoms with Gasteiger partial charge in [0.15, 0.2) is 5.78 Å². The number of urea groups is 1. The van der Waals surface area contributed by atoms with Gasteiger partial charge in [0.25, 0.3) is 5.56 Å². The van der Waals surface area contributed by atoms with Crippen LogP contribution < -0.4 is 16.6 Å². The average molecular weight is 561 g/mol. The molecule has 0 radical (unpaired) electrons. The molecule has 3 aromatic rings. The van der Waals surface area contributed by atoms with Crippen molar-refractivity contribution in [2.75, 3.05) is 25.5 Å². The van der Waals surface area contributed by atoms with Gasteiger partial charge in [0.05, 0.1) is 23.6 Å². The highest BCUT2D eigenvalue weighted by Crippen LogP contribution is 2.30. The molecule has 0 spiro atoms. The fourth-order valence-corrected chi connectivity index (χ4v) is 5.62. The molecule has 1 saturated heterocycles. The Morgan fingerprint density at radius 2 is 1.76 bits per heavy atom. The number of benzene rings is 2. The number of carbonyl (C=O) groups is 3. The number of hydrogen-bond donors (Lipinski definition) is 1. The third-order valence-electron chi connectivity index (χ3n) is 7.96. The average Bonchev–Trinajstić information content (AvgIpc) is 3.79. The van der Waals surface area contributed by atoms with E-state index in [0.717, 1.165) is 25.7 Å². The quantitative estimate of drug-likeness (QED) is 0.321. The Morgan fingerprint density at radius 1 is 1.00 bits per heavy atom. The Hall–Kier alpha value is -4.21. The zero-order valence-corrected chi connectivity index (χ0v) is 23.7. The fourth-order valence-electron chi connectivity index (χ4n) is 5.62. The molecule has 2 heterocycles. The summed E-state index contributed by atoms with van der Waals surface area (Å²) in [6.07, 6.45) is 3.87. The van der Waals surface area contributed by atoms with Crippen molar-refractivity contribution in [1.82, 2.24) is 14.0 Å². The molecule has 1 aromatic heterocycles. The van der Waals surface area contributed by atoms with Crippen molar-refractivity contribution in [1.29, 1.82) is 0 Å². The van der Waals surface area contributed by atoms with Crippen molar-refractivity contribution in [3.05, 3.63) is 74.4 Å². The Bertz CT molecular complexity index is 1620. The minimum absolute atomic E-state index is 0.0181.